The lowest BCUT2D eigenvalue weighted by atomic mass is 9.89. The van der Waals surface area contributed by atoms with Gasteiger partial charge in [0.15, 0.2) is 17.5 Å². The van der Waals surface area contributed by atoms with Crippen LogP contribution in [0.5, 0.6) is 0 Å². The zero-order valence-electron chi connectivity index (χ0n) is 19.6. The van der Waals surface area contributed by atoms with Gasteiger partial charge in [-0.2, -0.15) is 14.8 Å². The average Bonchev–Trinajstić information content (AvgIpc) is 3.50. The highest BCUT2D eigenvalue weighted by Gasteiger charge is 2.40. The molecule has 0 spiro atoms. The molecule has 1 fully saturated rings. The summed E-state index contributed by atoms with van der Waals surface area (Å²) in [5.41, 5.74) is 2.76. The molecule has 5 heterocycles. The first-order chi connectivity index (χ1) is 17.2. The van der Waals surface area contributed by atoms with Gasteiger partial charge in [0.2, 0.25) is 0 Å². The SMILES string of the molecule is CCC1c2nnc(C)n2-c2cnc(-n3ncnc3-c3cccc4ncccc34)nc2N1C1CCC1. The average molecular weight is 465 g/mol. The van der Waals surface area contributed by atoms with E-state index in [-0.39, 0.29) is 6.04 Å². The molecule has 1 aliphatic carbocycles. The third-order valence-corrected chi connectivity index (χ3v) is 7.19. The molecule has 1 aromatic carbocycles. The molecular formula is C25H24N10. The van der Waals surface area contributed by atoms with Gasteiger partial charge < -0.3 is 4.90 Å². The highest BCUT2D eigenvalue weighted by atomic mass is 15.4. The minimum atomic E-state index is 0.121. The monoisotopic (exact) mass is 464 g/mol. The number of nitrogens with zero attached hydrogens (tertiary/aromatic N) is 10. The van der Waals surface area contributed by atoms with Crippen LogP contribution in [-0.2, 0) is 0 Å². The quantitative estimate of drug-likeness (QED) is 0.393. The molecule has 7 rings (SSSR count). The molecule has 0 bridgehead atoms. The molecular weight excluding hydrogens is 440 g/mol. The van der Waals surface area contributed by atoms with E-state index in [0.717, 1.165) is 58.9 Å². The Morgan fingerprint density at radius 3 is 2.77 bits per heavy atom. The van der Waals surface area contributed by atoms with Crippen LogP contribution >= 0.6 is 0 Å². The minimum Gasteiger partial charge on any atom is -0.341 e. The molecule has 10 nitrogen and oxygen atoms in total. The lowest BCUT2D eigenvalue weighted by molar-refractivity contribution is 0.341. The van der Waals surface area contributed by atoms with Crippen LogP contribution in [0.15, 0.2) is 49.1 Å². The first kappa shape index (κ1) is 20.2. The van der Waals surface area contributed by atoms with Gasteiger partial charge >= 0.3 is 0 Å². The molecule has 10 heteroatoms. The second-order valence-corrected chi connectivity index (χ2v) is 9.11. The summed E-state index contributed by atoms with van der Waals surface area (Å²) < 4.78 is 3.82. The van der Waals surface area contributed by atoms with E-state index in [1.54, 1.807) is 17.2 Å². The zero-order chi connectivity index (χ0) is 23.5. The van der Waals surface area contributed by atoms with Crippen molar-refractivity contribution < 1.29 is 0 Å². The number of anilines is 1. The van der Waals surface area contributed by atoms with Crippen LogP contribution in [0.4, 0.5) is 5.82 Å². The van der Waals surface area contributed by atoms with E-state index in [0.29, 0.717) is 17.8 Å². The summed E-state index contributed by atoms with van der Waals surface area (Å²) in [7, 11) is 0. The van der Waals surface area contributed by atoms with E-state index in [2.05, 4.69) is 41.7 Å². The van der Waals surface area contributed by atoms with Gasteiger partial charge in [-0.1, -0.05) is 25.1 Å². The van der Waals surface area contributed by atoms with Gasteiger partial charge in [0.1, 0.15) is 17.8 Å². The van der Waals surface area contributed by atoms with Crippen molar-refractivity contribution in [3.05, 3.63) is 60.7 Å². The van der Waals surface area contributed by atoms with Crippen molar-refractivity contribution in [2.24, 2.45) is 0 Å². The van der Waals surface area contributed by atoms with Crippen molar-refractivity contribution in [3.8, 4) is 23.0 Å². The van der Waals surface area contributed by atoms with E-state index in [1.165, 1.54) is 6.42 Å². The topological polar surface area (TPSA) is 103 Å². The maximum Gasteiger partial charge on any atom is 0.254 e. The Morgan fingerprint density at radius 1 is 1.03 bits per heavy atom. The first-order valence-electron chi connectivity index (χ1n) is 12.1. The van der Waals surface area contributed by atoms with Crippen LogP contribution in [0.2, 0.25) is 0 Å². The van der Waals surface area contributed by atoms with Gasteiger partial charge in [-0.25, -0.2) is 9.97 Å². The Balaban J connectivity index is 1.41. The van der Waals surface area contributed by atoms with Crippen LogP contribution in [0.1, 0.15) is 50.3 Å². The highest BCUT2D eigenvalue weighted by molar-refractivity contribution is 5.92. The predicted octanol–water partition coefficient (Wildman–Crippen LogP) is 3.99. The number of fused-ring (bicyclic) bond motifs is 4. The Hall–Kier alpha value is -4.21. The number of rotatable bonds is 4. The van der Waals surface area contributed by atoms with Crippen LogP contribution in [-0.4, -0.2) is 50.5 Å². The maximum absolute atomic E-state index is 5.11. The second-order valence-electron chi connectivity index (χ2n) is 9.11. The summed E-state index contributed by atoms with van der Waals surface area (Å²) in [4.78, 5) is 21.4. The number of hydrogen-bond acceptors (Lipinski definition) is 8. The number of aromatic nitrogens is 9. The Kier molecular flexibility index (Phi) is 4.42. The molecule has 2 aliphatic rings. The van der Waals surface area contributed by atoms with Crippen molar-refractivity contribution in [1.29, 1.82) is 0 Å². The van der Waals surface area contributed by atoms with Crippen molar-refractivity contribution in [1.82, 2.24) is 44.5 Å². The number of benzene rings is 1. The smallest absolute Gasteiger partial charge is 0.254 e. The molecule has 0 saturated heterocycles. The van der Waals surface area contributed by atoms with Gasteiger partial charge in [0.05, 0.1) is 17.8 Å². The van der Waals surface area contributed by atoms with Crippen LogP contribution in [0.25, 0.3) is 33.9 Å². The highest BCUT2D eigenvalue weighted by Crippen LogP contribution is 2.44. The zero-order valence-corrected chi connectivity index (χ0v) is 19.6. The van der Waals surface area contributed by atoms with E-state index in [9.17, 15) is 0 Å². The predicted molar refractivity (Wildman–Crippen MR) is 130 cm³/mol. The van der Waals surface area contributed by atoms with E-state index >= 15 is 0 Å². The maximum atomic E-state index is 5.11. The normalized spacial score (nSPS) is 17.3. The lowest BCUT2D eigenvalue weighted by Gasteiger charge is -2.45. The Bertz CT molecular complexity index is 1560. The summed E-state index contributed by atoms with van der Waals surface area (Å²) in [6.07, 6.45) is 9.67. The Labute approximate surface area is 201 Å². The lowest BCUT2D eigenvalue weighted by Crippen LogP contribution is -2.46. The van der Waals surface area contributed by atoms with Gasteiger partial charge in [-0.15, -0.1) is 10.2 Å². The van der Waals surface area contributed by atoms with Crippen LogP contribution in [0.3, 0.4) is 0 Å². The largest absolute Gasteiger partial charge is 0.341 e. The van der Waals surface area contributed by atoms with Gasteiger partial charge in [-0.3, -0.25) is 9.55 Å². The standard InChI is InChI=1S/C25H24N10/c1-3-20-24-32-31-15(2)33(24)21-13-27-25(30-23(21)34(20)16-7-4-8-16)35-22(28-14-29-35)18-9-5-11-19-17(18)10-6-12-26-19/h5-6,9-14,16,20H,3-4,7-8H2,1-2H3. The van der Waals surface area contributed by atoms with Crippen molar-refractivity contribution in [3.63, 3.8) is 0 Å². The fourth-order valence-corrected chi connectivity index (χ4v) is 5.31. The molecule has 35 heavy (non-hydrogen) atoms. The molecule has 1 atom stereocenters. The van der Waals surface area contributed by atoms with Crippen molar-refractivity contribution in [2.45, 2.75) is 51.6 Å². The molecule has 0 N–H and O–H groups in total. The van der Waals surface area contributed by atoms with Gasteiger partial charge in [0.25, 0.3) is 5.95 Å². The fourth-order valence-electron chi connectivity index (χ4n) is 5.31. The van der Waals surface area contributed by atoms with Crippen molar-refractivity contribution in [2.75, 3.05) is 4.90 Å². The Morgan fingerprint density at radius 2 is 1.94 bits per heavy atom. The summed E-state index contributed by atoms with van der Waals surface area (Å²) in [6.45, 7) is 4.17. The number of hydrogen-bond donors (Lipinski definition) is 0. The third kappa shape index (κ3) is 2.92. The molecule has 1 aliphatic heterocycles. The van der Waals surface area contributed by atoms with Crippen LogP contribution in [0, 0.1) is 6.92 Å². The first-order valence-corrected chi connectivity index (χ1v) is 12.1. The molecule has 5 aromatic rings. The molecule has 1 unspecified atom stereocenters. The summed E-state index contributed by atoms with van der Waals surface area (Å²) in [6, 6.07) is 10.5. The number of aryl methyl sites for hydroxylation is 1. The van der Waals surface area contributed by atoms with E-state index in [1.807, 2.05) is 43.5 Å². The third-order valence-electron chi connectivity index (χ3n) is 7.19. The molecule has 4 aromatic heterocycles. The van der Waals surface area contributed by atoms with Crippen LogP contribution < -0.4 is 4.90 Å². The van der Waals surface area contributed by atoms with Gasteiger partial charge in [-0.05, 0) is 44.7 Å². The molecule has 174 valence electrons. The molecule has 0 amide bonds. The second kappa shape index (κ2) is 7.66. The minimum absolute atomic E-state index is 0.121. The van der Waals surface area contributed by atoms with Gasteiger partial charge in [0, 0.05) is 23.2 Å². The molecule has 0 radical (unpaired) electrons. The summed E-state index contributed by atoms with van der Waals surface area (Å²) in [5, 5.41) is 14.5. The number of pyridine rings is 1. The van der Waals surface area contributed by atoms with E-state index < -0.39 is 0 Å². The van der Waals surface area contributed by atoms with E-state index in [4.69, 9.17) is 9.97 Å². The molecule has 1 saturated carbocycles. The van der Waals surface area contributed by atoms with Crippen molar-refractivity contribution >= 4 is 16.7 Å². The fraction of sp³-hybridized carbons (Fsp3) is 0.320. The summed E-state index contributed by atoms with van der Waals surface area (Å²) in [5.74, 6) is 3.88. The summed E-state index contributed by atoms with van der Waals surface area (Å²) >= 11 is 0.